The molecule has 0 aliphatic heterocycles. The predicted molar refractivity (Wildman–Crippen MR) is 68.2 cm³/mol. The van der Waals surface area contributed by atoms with Gasteiger partial charge in [-0.1, -0.05) is 26.0 Å². The Hall–Kier alpha value is -1.35. The Morgan fingerprint density at radius 3 is 2.81 bits per heavy atom. The number of hydrogen-bond donors (Lipinski definition) is 0. The molecule has 0 amide bonds. The minimum atomic E-state index is 0.508. The molecule has 2 nitrogen and oxygen atoms in total. The SMILES string of the molecule is COc1cccc(-c2ncsc2C(C)C)c1. The molecule has 1 heterocycles. The zero-order chi connectivity index (χ0) is 11.5. The maximum absolute atomic E-state index is 5.23. The van der Waals surface area contributed by atoms with Crippen molar-refractivity contribution in [3.05, 3.63) is 34.7 Å². The van der Waals surface area contributed by atoms with Gasteiger partial charge in [-0.2, -0.15) is 0 Å². The molecule has 0 atom stereocenters. The fourth-order valence-corrected chi connectivity index (χ4v) is 2.48. The lowest BCUT2D eigenvalue weighted by Gasteiger charge is -2.06. The number of thiazole rings is 1. The van der Waals surface area contributed by atoms with Crippen LogP contribution in [0.2, 0.25) is 0 Å². The molecule has 0 aliphatic carbocycles. The fraction of sp³-hybridized carbons (Fsp3) is 0.308. The minimum Gasteiger partial charge on any atom is -0.497 e. The average Bonchev–Trinajstić information content (AvgIpc) is 2.78. The molecule has 3 heteroatoms. The molecule has 2 aromatic rings. The van der Waals surface area contributed by atoms with Gasteiger partial charge in [-0.3, -0.25) is 0 Å². The lowest BCUT2D eigenvalue weighted by molar-refractivity contribution is 0.415. The van der Waals surface area contributed by atoms with E-state index in [-0.39, 0.29) is 0 Å². The second-order valence-corrected chi connectivity index (χ2v) is 4.84. The van der Waals surface area contributed by atoms with Crippen molar-refractivity contribution in [3.8, 4) is 17.0 Å². The van der Waals surface area contributed by atoms with Gasteiger partial charge in [0.2, 0.25) is 0 Å². The normalized spacial score (nSPS) is 10.8. The van der Waals surface area contributed by atoms with E-state index in [1.807, 2.05) is 23.7 Å². The molecule has 0 aliphatic rings. The van der Waals surface area contributed by atoms with E-state index in [2.05, 4.69) is 24.9 Å². The van der Waals surface area contributed by atoms with Crippen LogP contribution in [0, 0.1) is 0 Å². The van der Waals surface area contributed by atoms with Gasteiger partial charge in [0.25, 0.3) is 0 Å². The van der Waals surface area contributed by atoms with Crippen molar-refractivity contribution >= 4 is 11.3 Å². The molecule has 1 aromatic carbocycles. The molecule has 84 valence electrons. The summed E-state index contributed by atoms with van der Waals surface area (Å²) in [6.45, 7) is 4.38. The van der Waals surface area contributed by atoms with Crippen molar-refractivity contribution in [1.82, 2.24) is 4.98 Å². The van der Waals surface area contributed by atoms with Crippen molar-refractivity contribution in [1.29, 1.82) is 0 Å². The van der Waals surface area contributed by atoms with Crippen LogP contribution in [0.3, 0.4) is 0 Å². The summed E-state index contributed by atoms with van der Waals surface area (Å²) in [6.07, 6.45) is 0. The van der Waals surface area contributed by atoms with Gasteiger partial charge < -0.3 is 4.74 Å². The van der Waals surface area contributed by atoms with Gasteiger partial charge in [0, 0.05) is 10.4 Å². The molecule has 1 aromatic heterocycles. The van der Waals surface area contributed by atoms with Crippen LogP contribution in [0.5, 0.6) is 5.75 Å². The first kappa shape index (κ1) is 11.1. The zero-order valence-electron chi connectivity index (χ0n) is 9.73. The molecule has 0 radical (unpaired) electrons. The fourth-order valence-electron chi connectivity index (χ4n) is 1.65. The van der Waals surface area contributed by atoms with Gasteiger partial charge in [-0.25, -0.2) is 4.98 Å². The van der Waals surface area contributed by atoms with Gasteiger partial charge in [0.15, 0.2) is 0 Å². The summed E-state index contributed by atoms with van der Waals surface area (Å²) >= 11 is 1.71. The Bertz CT molecular complexity index is 476. The van der Waals surface area contributed by atoms with E-state index in [1.54, 1.807) is 18.4 Å². The Labute approximate surface area is 99.9 Å². The third-order valence-corrected chi connectivity index (χ3v) is 3.59. The van der Waals surface area contributed by atoms with E-state index in [1.165, 1.54) is 4.88 Å². The Morgan fingerprint density at radius 2 is 2.12 bits per heavy atom. The lowest BCUT2D eigenvalue weighted by Crippen LogP contribution is -1.89. The molecule has 0 saturated carbocycles. The first-order valence-corrected chi connectivity index (χ1v) is 6.18. The molecule has 0 fully saturated rings. The molecule has 0 spiro atoms. The number of methoxy groups -OCH3 is 1. The summed E-state index contributed by atoms with van der Waals surface area (Å²) in [5.41, 5.74) is 4.12. The number of hydrogen-bond acceptors (Lipinski definition) is 3. The molecule has 2 rings (SSSR count). The third-order valence-electron chi connectivity index (χ3n) is 2.46. The molecule has 0 unspecified atom stereocenters. The molecular formula is C13H15NOS. The number of ether oxygens (including phenoxy) is 1. The highest BCUT2D eigenvalue weighted by Crippen LogP contribution is 2.32. The highest BCUT2D eigenvalue weighted by atomic mass is 32.1. The maximum atomic E-state index is 5.23. The van der Waals surface area contributed by atoms with Crippen LogP contribution in [-0.2, 0) is 0 Å². The Kier molecular flexibility index (Phi) is 3.25. The third kappa shape index (κ3) is 2.09. The van der Waals surface area contributed by atoms with Crippen molar-refractivity contribution < 1.29 is 4.74 Å². The number of benzene rings is 1. The van der Waals surface area contributed by atoms with Crippen LogP contribution in [-0.4, -0.2) is 12.1 Å². The predicted octanol–water partition coefficient (Wildman–Crippen LogP) is 3.94. The average molecular weight is 233 g/mol. The highest BCUT2D eigenvalue weighted by molar-refractivity contribution is 7.10. The van der Waals surface area contributed by atoms with Crippen LogP contribution < -0.4 is 4.74 Å². The summed E-state index contributed by atoms with van der Waals surface area (Å²) in [7, 11) is 1.68. The van der Waals surface area contributed by atoms with Crippen LogP contribution in [0.4, 0.5) is 0 Å². The second kappa shape index (κ2) is 4.66. The summed E-state index contributed by atoms with van der Waals surface area (Å²) < 4.78 is 5.23. The van der Waals surface area contributed by atoms with Crippen LogP contribution in [0.1, 0.15) is 24.6 Å². The van der Waals surface area contributed by atoms with Gasteiger partial charge in [-0.05, 0) is 18.1 Å². The van der Waals surface area contributed by atoms with E-state index in [9.17, 15) is 0 Å². The van der Waals surface area contributed by atoms with E-state index in [0.29, 0.717) is 5.92 Å². The van der Waals surface area contributed by atoms with Crippen LogP contribution in [0.15, 0.2) is 29.8 Å². The van der Waals surface area contributed by atoms with E-state index < -0.39 is 0 Å². The van der Waals surface area contributed by atoms with Gasteiger partial charge >= 0.3 is 0 Å². The number of rotatable bonds is 3. The molecular weight excluding hydrogens is 218 g/mol. The van der Waals surface area contributed by atoms with Crippen molar-refractivity contribution in [3.63, 3.8) is 0 Å². The largest absolute Gasteiger partial charge is 0.497 e. The summed E-state index contributed by atoms with van der Waals surface area (Å²) in [4.78, 5) is 5.77. The van der Waals surface area contributed by atoms with Crippen LogP contribution in [0.25, 0.3) is 11.3 Å². The van der Waals surface area contributed by atoms with Crippen molar-refractivity contribution in [2.75, 3.05) is 7.11 Å². The standard InChI is InChI=1S/C13H15NOS/c1-9(2)13-12(14-8-16-13)10-5-4-6-11(7-10)15-3/h4-9H,1-3H3. The van der Waals surface area contributed by atoms with E-state index >= 15 is 0 Å². The molecule has 0 saturated heterocycles. The smallest absolute Gasteiger partial charge is 0.119 e. The molecule has 16 heavy (non-hydrogen) atoms. The topological polar surface area (TPSA) is 22.1 Å². The lowest BCUT2D eigenvalue weighted by atomic mass is 10.1. The van der Waals surface area contributed by atoms with Crippen molar-refractivity contribution in [2.24, 2.45) is 0 Å². The minimum absolute atomic E-state index is 0.508. The summed E-state index contributed by atoms with van der Waals surface area (Å²) in [5, 5.41) is 0. The first-order chi connectivity index (χ1) is 7.72. The second-order valence-electron chi connectivity index (χ2n) is 3.95. The number of aromatic nitrogens is 1. The Balaban J connectivity index is 2.46. The summed E-state index contributed by atoms with van der Waals surface area (Å²) in [5.74, 6) is 1.38. The Morgan fingerprint density at radius 1 is 1.31 bits per heavy atom. The van der Waals surface area contributed by atoms with Gasteiger partial charge in [-0.15, -0.1) is 11.3 Å². The first-order valence-electron chi connectivity index (χ1n) is 5.30. The zero-order valence-corrected chi connectivity index (χ0v) is 10.5. The van der Waals surface area contributed by atoms with Crippen LogP contribution >= 0.6 is 11.3 Å². The van der Waals surface area contributed by atoms with Crippen molar-refractivity contribution in [2.45, 2.75) is 19.8 Å². The summed E-state index contributed by atoms with van der Waals surface area (Å²) in [6, 6.07) is 8.05. The van der Waals surface area contributed by atoms with Gasteiger partial charge in [0.05, 0.1) is 18.3 Å². The molecule has 0 N–H and O–H groups in total. The quantitative estimate of drug-likeness (QED) is 0.801. The monoisotopic (exact) mass is 233 g/mol. The van der Waals surface area contributed by atoms with Gasteiger partial charge in [0.1, 0.15) is 5.75 Å². The van der Waals surface area contributed by atoms with E-state index in [4.69, 9.17) is 4.74 Å². The van der Waals surface area contributed by atoms with E-state index in [0.717, 1.165) is 17.0 Å². The maximum Gasteiger partial charge on any atom is 0.119 e. The highest BCUT2D eigenvalue weighted by Gasteiger charge is 2.12. The number of nitrogens with zero attached hydrogens (tertiary/aromatic N) is 1. The molecule has 0 bridgehead atoms.